The number of carbonyl (C=O) groups excluding carboxylic acids is 1. The van der Waals surface area contributed by atoms with E-state index >= 15 is 0 Å². The van der Waals surface area contributed by atoms with Gasteiger partial charge in [0.1, 0.15) is 0 Å². The summed E-state index contributed by atoms with van der Waals surface area (Å²) in [4.78, 5) is 14.4. The fraction of sp³-hybridized carbons (Fsp3) is 0.286. The Hall–Kier alpha value is -2.64. The molecule has 136 valence electrons. The fourth-order valence-electron chi connectivity index (χ4n) is 2.38. The van der Waals surface area contributed by atoms with Crippen LogP contribution in [0.4, 0.5) is 0 Å². The monoisotopic (exact) mass is 371 g/mol. The molecule has 0 unspecified atom stereocenters. The highest BCUT2D eigenvalue weighted by Gasteiger charge is 2.15. The quantitative estimate of drug-likeness (QED) is 0.417. The molecule has 0 aromatic heterocycles. The Bertz CT molecular complexity index is 800. The standard InChI is InChI=1S/C21H22ClNO3/c1-5-18(22)9-6-16(4)23(13-15(2)3)21(24)11-8-17-7-10-19-20(12-17)26-14-25-19/h1,6-12,15H,13-14H2,2-4H3. The second-order valence-electron chi connectivity index (χ2n) is 6.26. The number of carbonyl (C=O) groups is 1. The predicted molar refractivity (Wildman–Crippen MR) is 105 cm³/mol. The van der Waals surface area contributed by atoms with Crippen molar-refractivity contribution < 1.29 is 14.3 Å². The van der Waals surface area contributed by atoms with Crippen molar-refractivity contribution in [3.63, 3.8) is 0 Å². The molecule has 1 aromatic carbocycles. The minimum absolute atomic E-state index is 0.115. The van der Waals surface area contributed by atoms with Crippen molar-refractivity contribution >= 4 is 23.6 Å². The molecule has 1 amide bonds. The summed E-state index contributed by atoms with van der Waals surface area (Å²) in [6.45, 7) is 6.78. The number of rotatable bonds is 6. The highest BCUT2D eigenvalue weighted by molar-refractivity contribution is 6.32. The van der Waals surface area contributed by atoms with E-state index in [9.17, 15) is 4.79 Å². The molecule has 5 heteroatoms. The molecule has 0 radical (unpaired) electrons. The first kappa shape index (κ1) is 19.7. The first-order valence-corrected chi connectivity index (χ1v) is 8.68. The topological polar surface area (TPSA) is 38.8 Å². The van der Waals surface area contributed by atoms with Gasteiger partial charge < -0.3 is 14.4 Å². The Morgan fingerprint density at radius 1 is 1.35 bits per heavy atom. The second-order valence-corrected chi connectivity index (χ2v) is 6.66. The molecule has 0 N–H and O–H groups in total. The van der Waals surface area contributed by atoms with Gasteiger partial charge in [0.05, 0.1) is 5.03 Å². The predicted octanol–water partition coefficient (Wildman–Crippen LogP) is 4.57. The summed E-state index contributed by atoms with van der Waals surface area (Å²) in [7, 11) is 0. The molecule has 0 fully saturated rings. The largest absolute Gasteiger partial charge is 0.454 e. The number of terminal acetylenes is 1. The van der Waals surface area contributed by atoms with Gasteiger partial charge in [0.25, 0.3) is 5.91 Å². The zero-order chi connectivity index (χ0) is 19.1. The minimum Gasteiger partial charge on any atom is -0.454 e. The van der Waals surface area contributed by atoms with Crippen molar-refractivity contribution in [1.29, 1.82) is 0 Å². The number of hydrogen-bond acceptors (Lipinski definition) is 3. The van der Waals surface area contributed by atoms with Gasteiger partial charge in [-0.2, -0.15) is 0 Å². The summed E-state index contributed by atoms with van der Waals surface area (Å²) in [6.07, 6.45) is 11.9. The van der Waals surface area contributed by atoms with Crippen LogP contribution in [0.2, 0.25) is 0 Å². The van der Waals surface area contributed by atoms with Crippen LogP contribution >= 0.6 is 11.6 Å². The SMILES string of the molecule is C#CC(Cl)=CC=C(C)N(CC(C)C)C(=O)C=Cc1ccc2c(c1)OCO2. The van der Waals surface area contributed by atoms with Crippen LogP contribution in [0.1, 0.15) is 26.3 Å². The molecule has 26 heavy (non-hydrogen) atoms. The first-order valence-electron chi connectivity index (χ1n) is 8.30. The van der Waals surface area contributed by atoms with Crippen LogP contribution in [-0.4, -0.2) is 24.1 Å². The van der Waals surface area contributed by atoms with Gasteiger partial charge in [-0.05, 0) is 48.8 Å². The van der Waals surface area contributed by atoms with E-state index in [1.165, 1.54) is 0 Å². The lowest BCUT2D eigenvalue weighted by Gasteiger charge is -2.24. The van der Waals surface area contributed by atoms with E-state index in [-0.39, 0.29) is 17.7 Å². The third kappa shape index (κ3) is 5.44. The van der Waals surface area contributed by atoms with E-state index in [1.54, 1.807) is 29.2 Å². The number of hydrogen-bond donors (Lipinski definition) is 0. The number of amides is 1. The van der Waals surface area contributed by atoms with Crippen LogP contribution in [0.5, 0.6) is 11.5 Å². The maximum atomic E-state index is 12.7. The smallest absolute Gasteiger partial charge is 0.250 e. The van der Waals surface area contributed by atoms with Crippen LogP contribution in [0, 0.1) is 18.3 Å². The molecular formula is C21H22ClNO3. The lowest BCUT2D eigenvalue weighted by Crippen LogP contribution is -2.31. The van der Waals surface area contributed by atoms with Gasteiger partial charge in [0.15, 0.2) is 11.5 Å². The molecule has 0 atom stereocenters. The number of ether oxygens (including phenoxy) is 2. The van der Waals surface area contributed by atoms with E-state index in [0.717, 1.165) is 11.3 Å². The number of allylic oxidation sites excluding steroid dienone is 4. The van der Waals surface area contributed by atoms with Crippen molar-refractivity contribution in [1.82, 2.24) is 4.90 Å². The van der Waals surface area contributed by atoms with Crippen LogP contribution in [0.25, 0.3) is 6.08 Å². The van der Waals surface area contributed by atoms with Crippen molar-refractivity contribution in [2.75, 3.05) is 13.3 Å². The van der Waals surface area contributed by atoms with Crippen molar-refractivity contribution in [3.8, 4) is 23.8 Å². The van der Waals surface area contributed by atoms with Crippen molar-refractivity contribution in [3.05, 3.63) is 52.7 Å². The summed E-state index contributed by atoms with van der Waals surface area (Å²) < 4.78 is 10.6. The highest BCUT2D eigenvalue weighted by Crippen LogP contribution is 2.32. The van der Waals surface area contributed by atoms with E-state index in [4.69, 9.17) is 27.5 Å². The Morgan fingerprint density at radius 2 is 2.08 bits per heavy atom. The minimum atomic E-state index is -0.115. The molecule has 0 saturated heterocycles. The average molecular weight is 372 g/mol. The summed E-state index contributed by atoms with van der Waals surface area (Å²) in [5.74, 6) is 3.93. The Morgan fingerprint density at radius 3 is 2.77 bits per heavy atom. The van der Waals surface area contributed by atoms with E-state index < -0.39 is 0 Å². The number of halogens is 1. The molecule has 4 nitrogen and oxygen atoms in total. The lowest BCUT2D eigenvalue weighted by molar-refractivity contribution is -0.124. The zero-order valence-corrected chi connectivity index (χ0v) is 15.9. The maximum Gasteiger partial charge on any atom is 0.250 e. The van der Waals surface area contributed by atoms with Gasteiger partial charge in [-0.15, -0.1) is 6.42 Å². The average Bonchev–Trinajstić information content (AvgIpc) is 3.09. The molecule has 1 aliphatic rings. The summed E-state index contributed by atoms with van der Waals surface area (Å²) in [5.41, 5.74) is 1.64. The molecule has 1 aliphatic heterocycles. The van der Waals surface area contributed by atoms with Crippen LogP contribution in [0.3, 0.4) is 0 Å². The Kier molecular flexibility index (Phi) is 6.94. The van der Waals surface area contributed by atoms with Crippen LogP contribution < -0.4 is 9.47 Å². The molecule has 0 spiro atoms. The van der Waals surface area contributed by atoms with Gasteiger partial charge in [0, 0.05) is 18.3 Å². The molecule has 1 heterocycles. The number of fused-ring (bicyclic) bond motifs is 1. The third-order valence-corrected chi connectivity index (χ3v) is 3.90. The molecular weight excluding hydrogens is 350 g/mol. The third-order valence-electron chi connectivity index (χ3n) is 3.66. The van der Waals surface area contributed by atoms with Crippen LogP contribution in [-0.2, 0) is 4.79 Å². The number of benzene rings is 1. The van der Waals surface area contributed by atoms with Gasteiger partial charge in [-0.25, -0.2) is 0 Å². The molecule has 1 aromatic rings. The fourth-order valence-corrected chi connectivity index (χ4v) is 2.44. The van der Waals surface area contributed by atoms with Gasteiger partial charge in [-0.1, -0.05) is 37.4 Å². The van der Waals surface area contributed by atoms with Crippen LogP contribution in [0.15, 0.2) is 47.2 Å². The number of nitrogens with zero attached hydrogens (tertiary/aromatic N) is 1. The summed E-state index contributed by atoms with van der Waals surface area (Å²) in [6, 6.07) is 5.55. The molecule has 0 bridgehead atoms. The van der Waals surface area contributed by atoms with Gasteiger partial charge in [-0.3, -0.25) is 4.79 Å². The van der Waals surface area contributed by atoms with E-state index in [0.29, 0.717) is 24.0 Å². The van der Waals surface area contributed by atoms with Crippen molar-refractivity contribution in [2.45, 2.75) is 20.8 Å². The summed E-state index contributed by atoms with van der Waals surface area (Å²) >= 11 is 5.83. The second kappa shape index (κ2) is 9.17. The van der Waals surface area contributed by atoms with Gasteiger partial charge >= 0.3 is 0 Å². The molecule has 0 aliphatic carbocycles. The zero-order valence-electron chi connectivity index (χ0n) is 15.2. The Balaban J connectivity index is 2.17. The maximum absolute atomic E-state index is 12.7. The summed E-state index contributed by atoms with van der Waals surface area (Å²) in [5, 5.41) is 0.289. The highest BCUT2D eigenvalue weighted by atomic mass is 35.5. The van der Waals surface area contributed by atoms with E-state index in [1.807, 2.05) is 25.1 Å². The normalized spacial score (nSPS) is 14.0. The Labute approximate surface area is 159 Å². The first-order chi connectivity index (χ1) is 12.4. The lowest BCUT2D eigenvalue weighted by atomic mass is 10.1. The van der Waals surface area contributed by atoms with Crippen molar-refractivity contribution in [2.24, 2.45) is 5.92 Å². The van der Waals surface area contributed by atoms with Gasteiger partial charge in [0.2, 0.25) is 6.79 Å². The molecule has 0 saturated carbocycles. The molecule has 2 rings (SSSR count). The van der Waals surface area contributed by atoms with E-state index in [2.05, 4.69) is 19.8 Å².